The average Bonchev–Trinajstić information content (AvgIpc) is 3.05. The number of nitrogens with one attached hydrogen (secondary N) is 1. The molecule has 0 amide bonds. The fourth-order valence-electron chi connectivity index (χ4n) is 2.81. The van der Waals surface area contributed by atoms with Crippen LogP contribution in [-0.2, 0) is 0 Å². The Bertz CT molecular complexity index is 1140. The maximum atomic E-state index is 13.5. The van der Waals surface area contributed by atoms with Gasteiger partial charge in [-0.25, -0.2) is 18.6 Å². The Morgan fingerprint density at radius 3 is 2.42 bits per heavy atom. The van der Waals surface area contributed by atoms with Crippen LogP contribution < -0.4 is 0 Å². The van der Waals surface area contributed by atoms with Crippen LogP contribution in [0.25, 0.3) is 33.5 Å². The Labute approximate surface area is 145 Å². The van der Waals surface area contributed by atoms with E-state index in [1.165, 1.54) is 48.5 Å². The molecule has 0 saturated carbocycles. The van der Waals surface area contributed by atoms with Gasteiger partial charge in [0.1, 0.15) is 11.6 Å². The summed E-state index contributed by atoms with van der Waals surface area (Å²) < 4.78 is 26.6. The number of carboxylic acids is 1. The number of fused-ring (bicyclic) bond motifs is 1. The first-order valence-electron chi connectivity index (χ1n) is 7.67. The van der Waals surface area contributed by atoms with Crippen LogP contribution in [0, 0.1) is 11.6 Å². The smallest absolute Gasteiger partial charge is 0.336 e. The first-order valence-corrected chi connectivity index (χ1v) is 7.67. The summed E-state index contributed by atoms with van der Waals surface area (Å²) in [5, 5.41) is 16.8. The van der Waals surface area contributed by atoms with Gasteiger partial charge in [-0.05, 0) is 42.5 Å². The van der Waals surface area contributed by atoms with Gasteiger partial charge in [0.05, 0.1) is 22.3 Å². The lowest BCUT2D eigenvalue weighted by atomic mass is 10.0. The number of pyridine rings is 1. The summed E-state index contributed by atoms with van der Waals surface area (Å²) in [5.74, 6) is -2.02. The highest BCUT2D eigenvalue weighted by molar-refractivity contribution is 6.08. The molecular weight excluding hydrogens is 340 g/mol. The van der Waals surface area contributed by atoms with Gasteiger partial charge in [-0.2, -0.15) is 5.10 Å². The van der Waals surface area contributed by atoms with E-state index in [9.17, 15) is 18.7 Å². The molecule has 7 heteroatoms. The fraction of sp³-hybridized carbons (Fsp3) is 0. The normalized spacial score (nSPS) is 11.0. The standard InChI is InChI=1S/C19H11F2N3O2/c20-12-6-4-10(5-7-12)17-16-14(19(25)26)9-15(22-18(16)24-23-17)11-2-1-3-13(21)8-11/h1-9H,(H,25,26)(H,22,23,24). The minimum atomic E-state index is -1.17. The summed E-state index contributed by atoms with van der Waals surface area (Å²) >= 11 is 0. The molecule has 0 unspecified atom stereocenters. The number of aromatic nitrogens is 3. The van der Waals surface area contributed by atoms with Crippen molar-refractivity contribution in [2.75, 3.05) is 0 Å². The molecule has 26 heavy (non-hydrogen) atoms. The van der Waals surface area contributed by atoms with Gasteiger partial charge < -0.3 is 5.11 Å². The molecule has 128 valence electrons. The number of rotatable bonds is 3. The quantitative estimate of drug-likeness (QED) is 0.578. The molecule has 0 aliphatic heterocycles. The largest absolute Gasteiger partial charge is 0.478 e. The highest BCUT2D eigenvalue weighted by Crippen LogP contribution is 2.31. The number of carbonyl (C=O) groups is 1. The molecule has 0 atom stereocenters. The van der Waals surface area contributed by atoms with Gasteiger partial charge in [0.25, 0.3) is 0 Å². The van der Waals surface area contributed by atoms with Crippen molar-refractivity contribution in [3.05, 3.63) is 71.8 Å². The Kier molecular flexibility index (Phi) is 3.69. The third-order valence-electron chi connectivity index (χ3n) is 4.01. The van der Waals surface area contributed by atoms with Gasteiger partial charge in [-0.1, -0.05) is 12.1 Å². The summed E-state index contributed by atoms with van der Waals surface area (Å²) in [6.07, 6.45) is 0. The SMILES string of the molecule is O=C(O)c1cc(-c2cccc(F)c2)nc2n[nH]c(-c3ccc(F)cc3)c12. The van der Waals surface area contributed by atoms with Crippen LogP contribution >= 0.6 is 0 Å². The lowest BCUT2D eigenvalue weighted by Gasteiger charge is -2.06. The van der Waals surface area contributed by atoms with E-state index in [0.717, 1.165) is 0 Å². The number of hydrogen-bond acceptors (Lipinski definition) is 3. The Morgan fingerprint density at radius 1 is 0.962 bits per heavy atom. The fourth-order valence-corrected chi connectivity index (χ4v) is 2.81. The number of hydrogen-bond donors (Lipinski definition) is 2. The zero-order valence-corrected chi connectivity index (χ0v) is 13.2. The van der Waals surface area contributed by atoms with Gasteiger partial charge >= 0.3 is 5.97 Å². The lowest BCUT2D eigenvalue weighted by molar-refractivity contribution is 0.0699. The van der Waals surface area contributed by atoms with Crippen LogP contribution in [0.3, 0.4) is 0 Å². The molecule has 0 saturated heterocycles. The van der Waals surface area contributed by atoms with Crippen molar-refractivity contribution < 1.29 is 18.7 Å². The number of halogens is 2. The van der Waals surface area contributed by atoms with E-state index in [0.29, 0.717) is 27.9 Å². The molecule has 0 aliphatic carbocycles. The van der Waals surface area contributed by atoms with Crippen LogP contribution in [-0.4, -0.2) is 26.3 Å². The number of aromatic carboxylic acids is 1. The van der Waals surface area contributed by atoms with Crippen molar-refractivity contribution in [1.29, 1.82) is 0 Å². The molecule has 2 aromatic carbocycles. The molecule has 2 aromatic heterocycles. The van der Waals surface area contributed by atoms with Crippen LogP contribution in [0.4, 0.5) is 8.78 Å². The van der Waals surface area contributed by atoms with Crippen LogP contribution in [0.5, 0.6) is 0 Å². The lowest BCUT2D eigenvalue weighted by Crippen LogP contribution is -2.00. The van der Waals surface area contributed by atoms with Crippen LogP contribution in [0.15, 0.2) is 54.6 Å². The van der Waals surface area contributed by atoms with E-state index in [1.54, 1.807) is 6.07 Å². The molecule has 2 heterocycles. The van der Waals surface area contributed by atoms with Gasteiger partial charge in [0, 0.05) is 11.1 Å². The first kappa shape index (κ1) is 15.9. The molecule has 5 nitrogen and oxygen atoms in total. The van der Waals surface area contributed by atoms with Gasteiger partial charge in [-0.15, -0.1) is 0 Å². The average molecular weight is 351 g/mol. The van der Waals surface area contributed by atoms with E-state index >= 15 is 0 Å². The summed E-state index contributed by atoms with van der Waals surface area (Å²) in [5.41, 5.74) is 1.91. The Hall–Kier alpha value is -3.61. The van der Waals surface area contributed by atoms with Crippen molar-refractivity contribution >= 4 is 17.0 Å². The summed E-state index contributed by atoms with van der Waals surface area (Å²) in [6.45, 7) is 0. The third-order valence-corrected chi connectivity index (χ3v) is 4.01. The first-order chi connectivity index (χ1) is 12.5. The minimum absolute atomic E-state index is 0.0256. The predicted octanol–water partition coefficient (Wildman–Crippen LogP) is 4.27. The molecule has 4 aromatic rings. The number of aromatic amines is 1. The zero-order chi connectivity index (χ0) is 18.3. The zero-order valence-electron chi connectivity index (χ0n) is 13.2. The Balaban J connectivity index is 1.96. The minimum Gasteiger partial charge on any atom is -0.478 e. The van der Waals surface area contributed by atoms with Crippen molar-refractivity contribution in [2.45, 2.75) is 0 Å². The van der Waals surface area contributed by atoms with Crippen molar-refractivity contribution in [2.24, 2.45) is 0 Å². The molecule has 0 spiro atoms. The van der Waals surface area contributed by atoms with Gasteiger partial charge in [-0.3, -0.25) is 5.10 Å². The second kappa shape index (κ2) is 6.03. The number of benzene rings is 2. The third kappa shape index (κ3) is 2.69. The molecule has 0 bridgehead atoms. The molecule has 0 aliphatic rings. The van der Waals surface area contributed by atoms with Crippen molar-refractivity contribution in [3.63, 3.8) is 0 Å². The maximum Gasteiger partial charge on any atom is 0.336 e. The van der Waals surface area contributed by atoms with Gasteiger partial charge in [0.2, 0.25) is 0 Å². The molecule has 0 fully saturated rings. The monoisotopic (exact) mass is 351 g/mol. The van der Waals surface area contributed by atoms with E-state index in [4.69, 9.17) is 0 Å². The summed E-state index contributed by atoms with van der Waals surface area (Å²) in [6, 6.07) is 12.7. The molecular formula is C19H11F2N3O2. The van der Waals surface area contributed by atoms with Gasteiger partial charge in [0.15, 0.2) is 5.65 Å². The van der Waals surface area contributed by atoms with E-state index in [1.807, 2.05) is 0 Å². The second-order valence-corrected chi connectivity index (χ2v) is 5.67. The summed E-state index contributed by atoms with van der Waals surface area (Å²) in [7, 11) is 0. The van der Waals surface area contributed by atoms with E-state index in [-0.39, 0.29) is 11.2 Å². The highest BCUT2D eigenvalue weighted by atomic mass is 19.1. The molecule has 4 rings (SSSR count). The second-order valence-electron chi connectivity index (χ2n) is 5.67. The number of H-pyrrole nitrogens is 1. The van der Waals surface area contributed by atoms with Crippen LogP contribution in [0.2, 0.25) is 0 Å². The predicted molar refractivity (Wildman–Crippen MR) is 91.6 cm³/mol. The van der Waals surface area contributed by atoms with Crippen LogP contribution in [0.1, 0.15) is 10.4 Å². The van der Waals surface area contributed by atoms with E-state index < -0.39 is 17.6 Å². The Morgan fingerprint density at radius 2 is 1.73 bits per heavy atom. The number of carboxylic acid groups (broad SMARTS) is 1. The molecule has 2 N–H and O–H groups in total. The number of nitrogens with zero attached hydrogens (tertiary/aromatic N) is 2. The topological polar surface area (TPSA) is 78.9 Å². The molecule has 0 radical (unpaired) electrons. The van der Waals surface area contributed by atoms with E-state index in [2.05, 4.69) is 15.2 Å². The maximum absolute atomic E-state index is 13.5. The van der Waals surface area contributed by atoms with Crippen molar-refractivity contribution in [1.82, 2.24) is 15.2 Å². The van der Waals surface area contributed by atoms with Crippen molar-refractivity contribution in [3.8, 4) is 22.5 Å². The summed E-state index contributed by atoms with van der Waals surface area (Å²) in [4.78, 5) is 16.1. The highest BCUT2D eigenvalue weighted by Gasteiger charge is 2.19.